The van der Waals surface area contributed by atoms with Gasteiger partial charge in [0.2, 0.25) is 11.8 Å². The van der Waals surface area contributed by atoms with E-state index in [1.165, 1.54) is 24.1 Å². The second-order valence-electron chi connectivity index (χ2n) is 10.2. The molecular weight excluding hydrogens is 538 g/mol. The summed E-state index contributed by atoms with van der Waals surface area (Å²) in [6, 6.07) is 20.0. The van der Waals surface area contributed by atoms with Crippen LogP contribution in [0.5, 0.6) is 5.75 Å². The third-order valence-corrected chi connectivity index (χ3v) is 8.85. The summed E-state index contributed by atoms with van der Waals surface area (Å²) in [7, 11) is -2.72. The van der Waals surface area contributed by atoms with Crippen LogP contribution in [-0.2, 0) is 26.2 Å². The van der Waals surface area contributed by atoms with Crippen LogP contribution in [0.3, 0.4) is 0 Å². The molecule has 1 N–H and O–H groups in total. The quantitative estimate of drug-likeness (QED) is 0.299. The molecule has 0 aliphatic rings. The Morgan fingerprint density at radius 1 is 0.902 bits per heavy atom. The summed E-state index contributed by atoms with van der Waals surface area (Å²) in [5, 5.41) is 2.99. The molecule has 9 heteroatoms. The molecule has 0 saturated carbocycles. The minimum atomic E-state index is -4.18. The molecule has 0 heterocycles. The highest BCUT2D eigenvalue weighted by molar-refractivity contribution is 7.92. The standard InChI is InChI=1S/C32H41N3O5S/c1-7-25(5)33-32(37)28(8-2)34(21-26-17-14-23(3)15-18-26)31(36)22-35(29-20-24(4)16-19-30(29)40-6)41(38,39)27-12-10-9-11-13-27/h9-20,25,28H,7-8,21-22H2,1-6H3,(H,33,37)/t25-,28-/m0/s1. The Balaban J connectivity index is 2.11. The maximum absolute atomic E-state index is 14.2. The molecule has 0 aliphatic carbocycles. The Morgan fingerprint density at radius 2 is 1.54 bits per heavy atom. The van der Waals surface area contributed by atoms with E-state index in [-0.39, 0.29) is 29.1 Å². The Hall–Kier alpha value is -3.85. The molecule has 0 spiro atoms. The molecule has 3 aromatic rings. The molecule has 41 heavy (non-hydrogen) atoms. The zero-order valence-electron chi connectivity index (χ0n) is 24.8. The summed E-state index contributed by atoms with van der Waals surface area (Å²) in [6.07, 6.45) is 1.10. The topological polar surface area (TPSA) is 96.0 Å². The van der Waals surface area contributed by atoms with Crippen molar-refractivity contribution in [2.45, 2.75) is 71.0 Å². The van der Waals surface area contributed by atoms with Crippen LogP contribution >= 0.6 is 0 Å². The molecule has 0 bridgehead atoms. The summed E-state index contributed by atoms with van der Waals surface area (Å²) in [4.78, 5) is 29.1. The average molecular weight is 580 g/mol. The van der Waals surface area contributed by atoms with Crippen molar-refractivity contribution < 1.29 is 22.7 Å². The highest BCUT2D eigenvalue weighted by atomic mass is 32.2. The van der Waals surface area contributed by atoms with E-state index >= 15 is 0 Å². The van der Waals surface area contributed by atoms with Crippen LogP contribution in [0.1, 0.15) is 50.3 Å². The van der Waals surface area contributed by atoms with E-state index in [1.807, 2.05) is 65.0 Å². The van der Waals surface area contributed by atoms with E-state index in [1.54, 1.807) is 30.3 Å². The van der Waals surface area contributed by atoms with Crippen molar-refractivity contribution in [3.8, 4) is 5.75 Å². The number of sulfonamides is 1. The molecule has 0 aromatic heterocycles. The molecule has 0 aliphatic heterocycles. The number of anilines is 1. The van der Waals surface area contributed by atoms with Crippen LogP contribution in [0.15, 0.2) is 77.7 Å². The van der Waals surface area contributed by atoms with E-state index in [4.69, 9.17) is 4.74 Å². The molecule has 220 valence electrons. The van der Waals surface area contributed by atoms with E-state index in [2.05, 4.69) is 5.32 Å². The molecule has 3 aromatic carbocycles. The van der Waals surface area contributed by atoms with Gasteiger partial charge in [-0.05, 0) is 69.0 Å². The molecule has 2 amide bonds. The highest BCUT2D eigenvalue weighted by Crippen LogP contribution is 2.33. The van der Waals surface area contributed by atoms with Crippen LogP contribution in [0.2, 0.25) is 0 Å². The lowest BCUT2D eigenvalue weighted by Crippen LogP contribution is -2.53. The Kier molecular flexibility index (Phi) is 10.9. The number of hydrogen-bond donors (Lipinski definition) is 1. The second kappa shape index (κ2) is 14.2. The number of carbonyl (C=O) groups excluding carboxylic acids is 2. The highest BCUT2D eigenvalue weighted by Gasteiger charge is 2.35. The van der Waals surface area contributed by atoms with Crippen LogP contribution in [-0.4, -0.2) is 50.9 Å². The fraction of sp³-hybridized carbons (Fsp3) is 0.375. The van der Waals surface area contributed by atoms with Crippen LogP contribution < -0.4 is 14.4 Å². The number of carbonyl (C=O) groups is 2. The minimum Gasteiger partial charge on any atom is -0.495 e. The molecule has 2 atom stereocenters. The SMILES string of the molecule is CC[C@H](C)NC(=O)[C@H](CC)N(Cc1ccc(C)cc1)C(=O)CN(c1cc(C)ccc1OC)S(=O)(=O)c1ccccc1. The van der Waals surface area contributed by atoms with Gasteiger partial charge in [-0.25, -0.2) is 8.42 Å². The van der Waals surface area contributed by atoms with Crippen molar-refractivity contribution in [3.63, 3.8) is 0 Å². The minimum absolute atomic E-state index is 0.0444. The Bertz CT molecular complexity index is 1430. The zero-order valence-corrected chi connectivity index (χ0v) is 25.6. The van der Waals surface area contributed by atoms with Crippen LogP contribution in [0, 0.1) is 13.8 Å². The van der Waals surface area contributed by atoms with Crippen molar-refractivity contribution in [2.75, 3.05) is 18.0 Å². The number of rotatable bonds is 13. The fourth-order valence-electron chi connectivity index (χ4n) is 4.48. The molecule has 0 saturated heterocycles. The maximum atomic E-state index is 14.2. The monoisotopic (exact) mass is 579 g/mol. The number of amides is 2. The summed E-state index contributed by atoms with van der Waals surface area (Å²) >= 11 is 0. The Morgan fingerprint density at radius 3 is 2.12 bits per heavy atom. The number of nitrogens with one attached hydrogen (secondary N) is 1. The van der Waals surface area contributed by atoms with Gasteiger partial charge in [-0.15, -0.1) is 0 Å². The summed E-state index contributed by atoms with van der Waals surface area (Å²) in [5.41, 5.74) is 2.96. The van der Waals surface area contributed by atoms with Gasteiger partial charge in [-0.1, -0.05) is 67.9 Å². The largest absolute Gasteiger partial charge is 0.495 e. The lowest BCUT2D eigenvalue weighted by Gasteiger charge is -2.34. The second-order valence-corrected chi connectivity index (χ2v) is 12.1. The van der Waals surface area contributed by atoms with Crippen LogP contribution in [0.4, 0.5) is 5.69 Å². The van der Waals surface area contributed by atoms with E-state index < -0.39 is 28.5 Å². The molecule has 0 radical (unpaired) electrons. The first-order chi connectivity index (χ1) is 19.5. The van der Waals surface area contributed by atoms with Crippen molar-refractivity contribution in [3.05, 3.63) is 89.5 Å². The molecule has 8 nitrogen and oxygen atoms in total. The van der Waals surface area contributed by atoms with Crippen molar-refractivity contribution in [1.82, 2.24) is 10.2 Å². The maximum Gasteiger partial charge on any atom is 0.264 e. The number of hydrogen-bond acceptors (Lipinski definition) is 5. The number of aryl methyl sites for hydroxylation is 2. The molecule has 0 fully saturated rings. The molecular formula is C32H41N3O5S. The predicted octanol–water partition coefficient (Wildman–Crippen LogP) is 5.23. The average Bonchev–Trinajstić information content (AvgIpc) is 2.96. The van der Waals surface area contributed by atoms with Gasteiger partial charge >= 0.3 is 0 Å². The first-order valence-corrected chi connectivity index (χ1v) is 15.3. The lowest BCUT2D eigenvalue weighted by atomic mass is 10.1. The van der Waals surface area contributed by atoms with Gasteiger partial charge in [0.15, 0.2) is 0 Å². The van der Waals surface area contributed by atoms with Gasteiger partial charge in [0.05, 0.1) is 17.7 Å². The molecule has 0 unspecified atom stereocenters. The van der Waals surface area contributed by atoms with Gasteiger partial charge < -0.3 is 15.0 Å². The van der Waals surface area contributed by atoms with Gasteiger partial charge in [-0.3, -0.25) is 13.9 Å². The smallest absolute Gasteiger partial charge is 0.264 e. The van der Waals surface area contributed by atoms with E-state index in [0.717, 1.165) is 27.4 Å². The fourth-order valence-corrected chi connectivity index (χ4v) is 5.92. The summed E-state index contributed by atoms with van der Waals surface area (Å²) < 4.78 is 34.7. The van der Waals surface area contributed by atoms with E-state index in [0.29, 0.717) is 12.2 Å². The first kappa shape index (κ1) is 31.7. The van der Waals surface area contributed by atoms with Gasteiger partial charge in [0.25, 0.3) is 10.0 Å². The number of benzene rings is 3. The number of nitrogens with zero attached hydrogens (tertiary/aromatic N) is 2. The zero-order chi connectivity index (χ0) is 30.2. The van der Waals surface area contributed by atoms with E-state index in [9.17, 15) is 18.0 Å². The Labute approximate surface area is 244 Å². The van der Waals surface area contributed by atoms with Crippen molar-refractivity contribution in [1.29, 1.82) is 0 Å². The molecule has 3 rings (SSSR count). The number of ether oxygens (including phenoxy) is 1. The third-order valence-electron chi connectivity index (χ3n) is 7.07. The van der Waals surface area contributed by atoms with Crippen LogP contribution in [0.25, 0.3) is 0 Å². The van der Waals surface area contributed by atoms with Gasteiger partial charge in [-0.2, -0.15) is 0 Å². The van der Waals surface area contributed by atoms with Gasteiger partial charge in [0, 0.05) is 12.6 Å². The first-order valence-electron chi connectivity index (χ1n) is 13.9. The summed E-state index contributed by atoms with van der Waals surface area (Å²) in [6.45, 7) is 9.18. The number of methoxy groups -OCH3 is 1. The third kappa shape index (κ3) is 7.88. The van der Waals surface area contributed by atoms with Crippen molar-refractivity contribution >= 4 is 27.5 Å². The van der Waals surface area contributed by atoms with Crippen molar-refractivity contribution in [2.24, 2.45) is 0 Å². The summed E-state index contributed by atoms with van der Waals surface area (Å²) in [5.74, 6) is -0.456. The predicted molar refractivity (Wildman–Crippen MR) is 162 cm³/mol. The lowest BCUT2D eigenvalue weighted by molar-refractivity contribution is -0.140. The normalized spacial score (nSPS) is 12.7. The van der Waals surface area contributed by atoms with Gasteiger partial charge in [0.1, 0.15) is 18.3 Å².